The maximum Gasteiger partial charge on any atom is 0.225 e. The van der Waals surface area contributed by atoms with E-state index in [2.05, 4.69) is 5.32 Å². The monoisotopic (exact) mass is 319 g/mol. The second-order valence-corrected chi connectivity index (χ2v) is 7.55. The molecule has 0 aromatic heterocycles. The maximum atomic E-state index is 11.9. The van der Waals surface area contributed by atoms with Crippen LogP contribution in [-0.4, -0.2) is 50.0 Å². The van der Waals surface area contributed by atoms with Gasteiger partial charge in [-0.15, -0.1) is 0 Å². The highest BCUT2D eigenvalue weighted by Gasteiger charge is 2.25. The number of likely N-dealkylation sites (tertiary alicyclic amines) is 1. The van der Waals surface area contributed by atoms with Crippen LogP contribution in [0.25, 0.3) is 0 Å². The average molecular weight is 319 g/mol. The molecule has 122 valence electrons. The van der Waals surface area contributed by atoms with Crippen LogP contribution in [-0.2, 0) is 19.6 Å². The Balaban J connectivity index is 2.37. The van der Waals surface area contributed by atoms with E-state index in [0.29, 0.717) is 6.54 Å². The van der Waals surface area contributed by atoms with Gasteiger partial charge in [-0.05, 0) is 19.3 Å². The van der Waals surface area contributed by atoms with Gasteiger partial charge in [-0.1, -0.05) is 13.8 Å². The smallest absolute Gasteiger partial charge is 0.225 e. The van der Waals surface area contributed by atoms with Crippen molar-refractivity contribution in [2.24, 2.45) is 11.1 Å². The zero-order chi connectivity index (χ0) is 16.0. The number of rotatable bonds is 6. The van der Waals surface area contributed by atoms with E-state index in [-0.39, 0.29) is 42.4 Å². The molecule has 1 fully saturated rings. The third-order valence-electron chi connectivity index (χ3n) is 3.42. The molecule has 1 saturated heterocycles. The highest BCUT2D eigenvalue weighted by molar-refractivity contribution is 7.89. The third kappa shape index (κ3) is 6.90. The number of piperidine rings is 1. The minimum absolute atomic E-state index is 0.0470. The Kier molecular flexibility index (Phi) is 6.60. The number of amides is 2. The minimum Gasteiger partial charge on any atom is -0.352 e. The number of hydrogen-bond donors (Lipinski definition) is 2. The van der Waals surface area contributed by atoms with Crippen LogP contribution in [0.2, 0.25) is 0 Å². The van der Waals surface area contributed by atoms with Crippen LogP contribution in [0.15, 0.2) is 0 Å². The molecule has 0 aromatic carbocycles. The molecule has 0 unspecified atom stereocenters. The summed E-state index contributed by atoms with van der Waals surface area (Å²) < 4.78 is 21.6. The van der Waals surface area contributed by atoms with Crippen molar-refractivity contribution in [2.75, 3.05) is 18.8 Å². The van der Waals surface area contributed by atoms with Crippen molar-refractivity contribution in [3.05, 3.63) is 0 Å². The molecule has 0 saturated carbocycles. The molecule has 1 aliphatic rings. The van der Waals surface area contributed by atoms with Crippen LogP contribution >= 0.6 is 0 Å². The molecule has 0 aromatic rings. The van der Waals surface area contributed by atoms with Crippen LogP contribution in [0.5, 0.6) is 0 Å². The first-order valence-electron chi connectivity index (χ1n) is 7.27. The molecule has 0 aliphatic carbocycles. The summed E-state index contributed by atoms with van der Waals surface area (Å²) >= 11 is 0. The quantitative estimate of drug-likeness (QED) is 0.707. The molecule has 7 nitrogen and oxygen atoms in total. The lowest BCUT2D eigenvalue weighted by atomic mass is 10.0. The van der Waals surface area contributed by atoms with Gasteiger partial charge in [-0.25, -0.2) is 13.6 Å². The first kappa shape index (κ1) is 17.9. The Bertz CT molecular complexity index is 476. The molecule has 2 amide bonds. The van der Waals surface area contributed by atoms with Gasteiger partial charge < -0.3 is 10.2 Å². The van der Waals surface area contributed by atoms with Crippen LogP contribution < -0.4 is 10.5 Å². The molecule has 8 heteroatoms. The Morgan fingerprint density at radius 3 is 2.62 bits per heavy atom. The van der Waals surface area contributed by atoms with Gasteiger partial charge in [0.1, 0.15) is 0 Å². The van der Waals surface area contributed by atoms with Gasteiger partial charge in [0, 0.05) is 31.5 Å². The van der Waals surface area contributed by atoms with Crippen molar-refractivity contribution >= 4 is 21.8 Å². The zero-order valence-corrected chi connectivity index (χ0v) is 13.5. The van der Waals surface area contributed by atoms with E-state index in [1.807, 2.05) is 13.8 Å². The highest BCUT2D eigenvalue weighted by Crippen LogP contribution is 2.13. The van der Waals surface area contributed by atoms with Gasteiger partial charge in [-0.2, -0.15) is 0 Å². The van der Waals surface area contributed by atoms with Gasteiger partial charge in [0.05, 0.1) is 5.75 Å². The summed E-state index contributed by atoms with van der Waals surface area (Å²) in [6.07, 6.45) is 2.04. The Morgan fingerprint density at radius 2 is 2.05 bits per heavy atom. The number of carbonyl (C=O) groups excluding carboxylic acids is 2. The molecule has 0 spiro atoms. The molecule has 21 heavy (non-hydrogen) atoms. The third-order valence-corrected chi connectivity index (χ3v) is 4.28. The van der Waals surface area contributed by atoms with Crippen molar-refractivity contribution < 1.29 is 18.0 Å². The van der Waals surface area contributed by atoms with E-state index in [1.54, 1.807) is 4.90 Å². The topological polar surface area (TPSA) is 110 Å². The van der Waals surface area contributed by atoms with Gasteiger partial charge >= 0.3 is 0 Å². The minimum atomic E-state index is -3.52. The van der Waals surface area contributed by atoms with Gasteiger partial charge in [-0.3, -0.25) is 9.59 Å². The fourth-order valence-electron chi connectivity index (χ4n) is 2.39. The highest BCUT2D eigenvalue weighted by atomic mass is 32.2. The van der Waals surface area contributed by atoms with Crippen molar-refractivity contribution in [3.63, 3.8) is 0 Å². The summed E-state index contributed by atoms with van der Waals surface area (Å²) in [4.78, 5) is 25.5. The normalized spacial score (nSPS) is 19.6. The number of nitrogens with one attached hydrogen (secondary N) is 1. The Morgan fingerprint density at radius 1 is 1.38 bits per heavy atom. The van der Waals surface area contributed by atoms with E-state index in [9.17, 15) is 18.0 Å². The van der Waals surface area contributed by atoms with E-state index in [4.69, 9.17) is 5.14 Å². The molecule has 0 bridgehead atoms. The lowest BCUT2D eigenvalue weighted by molar-refractivity contribution is -0.136. The largest absolute Gasteiger partial charge is 0.352 e. The number of carbonyl (C=O) groups is 2. The lowest BCUT2D eigenvalue weighted by Crippen LogP contribution is -2.50. The summed E-state index contributed by atoms with van der Waals surface area (Å²) in [6, 6.07) is -0.0524. The maximum absolute atomic E-state index is 11.9. The first-order chi connectivity index (χ1) is 9.69. The van der Waals surface area contributed by atoms with Crippen LogP contribution in [0, 0.1) is 5.92 Å². The van der Waals surface area contributed by atoms with Crippen LogP contribution in [0.3, 0.4) is 0 Å². The van der Waals surface area contributed by atoms with Crippen molar-refractivity contribution in [3.8, 4) is 0 Å². The standard InChI is InChI=1S/C13H25N3O4S/c1-10(2)13(18)16-7-3-5-11(9-16)15-12(17)6-4-8-21(14,19)20/h10-11H,3-9H2,1-2H3,(H,15,17)(H2,14,19,20)/t11-/m1/s1. The van der Waals surface area contributed by atoms with E-state index < -0.39 is 10.0 Å². The number of nitrogens with two attached hydrogens (primary N) is 1. The SMILES string of the molecule is CC(C)C(=O)N1CCC[C@@H](NC(=O)CCCS(N)(=O)=O)C1. The van der Waals surface area contributed by atoms with E-state index >= 15 is 0 Å². The van der Waals surface area contributed by atoms with Gasteiger partial charge in [0.15, 0.2) is 0 Å². The summed E-state index contributed by atoms with van der Waals surface area (Å²) in [7, 11) is -3.52. The van der Waals surface area contributed by atoms with Gasteiger partial charge in [0.25, 0.3) is 0 Å². The van der Waals surface area contributed by atoms with E-state index in [0.717, 1.165) is 19.4 Å². The first-order valence-corrected chi connectivity index (χ1v) is 8.99. The summed E-state index contributed by atoms with van der Waals surface area (Å²) in [5.74, 6) is -0.330. The molecular weight excluding hydrogens is 294 g/mol. The van der Waals surface area contributed by atoms with Crippen molar-refractivity contribution in [1.82, 2.24) is 10.2 Å². The Hall–Kier alpha value is -1.15. The average Bonchev–Trinajstić information content (AvgIpc) is 2.36. The summed E-state index contributed by atoms with van der Waals surface area (Å²) in [6.45, 7) is 4.97. The van der Waals surface area contributed by atoms with Gasteiger partial charge in [0.2, 0.25) is 21.8 Å². The second-order valence-electron chi connectivity index (χ2n) is 5.82. The van der Waals surface area contributed by atoms with E-state index in [1.165, 1.54) is 0 Å². The van der Waals surface area contributed by atoms with Crippen molar-refractivity contribution in [1.29, 1.82) is 0 Å². The Labute approximate surface area is 126 Å². The predicted molar refractivity (Wildman–Crippen MR) is 79.8 cm³/mol. The lowest BCUT2D eigenvalue weighted by Gasteiger charge is -2.34. The predicted octanol–water partition coefficient (Wildman–Crippen LogP) is -0.182. The fourth-order valence-corrected chi connectivity index (χ4v) is 2.94. The summed E-state index contributed by atoms with van der Waals surface area (Å²) in [5.41, 5.74) is 0. The number of primary sulfonamides is 1. The summed E-state index contributed by atoms with van der Waals surface area (Å²) in [5, 5.41) is 7.74. The van der Waals surface area contributed by atoms with Crippen molar-refractivity contribution in [2.45, 2.75) is 45.6 Å². The molecule has 3 N–H and O–H groups in total. The molecule has 0 radical (unpaired) electrons. The number of sulfonamides is 1. The van der Waals surface area contributed by atoms with Crippen LogP contribution in [0.1, 0.15) is 39.5 Å². The molecule has 1 aliphatic heterocycles. The molecule has 1 atom stereocenters. The zero-order valence-electron chi connectivity index (χ0n) is 12.7. The number of hydrogen-bond acceptors (Lipinski definition) is 4. The van der Waals surface area contributed by atoms with Crippen LogP contribution in [0.4, 0.5) is 0 Å². The second kappa shape index (κ2) is 7.74. The molecule has 1 rings (SSSR count). The fraction of sp³-hybridized carbons (Fsp3) is 0.846. The molecule has 1 heterocycles. The molecular formula is C13H25N3O4S. The number of nitrogens with zero attached hydrogens (tertiary/aromatic N) is 1.